The molecule has 0 saturated heterocycles. The molecular formula is C20H19I2NO5. The molecule has 1 aliphatic carbocycles. The van der Waals surface area contributed by atoms with Gasteiger partial charge in [0.1, 0.15) is 23.7 Å². The van der Waals surface area contributed by atoms with Gasteiger partial charge in [0.2, 0.25) is 5.88 Å². The van der Waals surface area contributed by atoms with Gasteiger partial charge in [0.05, 0.1) is 20.2 Å². The van der Waals surface area contributed by atoms with Crippen molar-refractivity contribution in [3.63, 3.8) is 0 Å². The summed E-state index contributed by atoms with van der Waals surface area (Å²) in [7, 11) is 1.28. The summed E-state index contributed by atoms with van der Waals surface area (Å²) >= 11 is 4.36. The SMILES string of the molecule is C=CCOc1c(I)cc([C@@H]2C(C(=O)OC)=C(N)OC3=C2C(=O)CCC3)cc1I. The molecule has 1 aromatic carbocycles. The summed E-state index contributed by atoms with van der Waals surface area (Å²) in [6.45, 7) is 4.05. The van der Waals surface area contributed by atoms with Crippen LogP contribution in [0.3, 0.4) is 0 Å². The molecule has 0 aromatic heterocycles. The Balaban J connectivity index is 2.17. The third kappa shape index (κ3) is 3.93. The van der Waals surface area contributed by atoms with Crippen LogP contribution in [0.1, 0.15) is 30.7 Å². The fourth-order valence-electron chi connectivity index (χ4n) is 3.42. The van der Waals surface area contributed by atoms with E-state index >= 15 is 0 Å². The second-order valence-corrected chi connectivity index (χ2v) is 8.66. The number of nitrogens with two attached hydrogens (primary N) is 1. The number of hydrogen-bond acceptors (Lipinski definition) is 6. The molecule has 0 fully saturated rings. The molecule has 0 radical (unpaired) electrons. The first-order chi connectivity index (χ1) is 13.4. The third-order valence-electron chi connectivity index (χ3n) is 4.59. The number of ketones is 1. The molecule has 0 bridgehead atoms. The maximum Gasteiger partial charge on any atom is 0.340 e. The second-order valence-electron chi connectivity index (χ2n) is 6.33. The van der Waals surface area contributed by atoms with E-state index in [4.69, 9.17) is 19.9 Å². The van der Waals surface area contributed by atoms with Crippen molar-refractivity contribution in [3.05, 3.63) is 60.3 Å². The summed E-state index contributed by atoms with van der Waals surface area (Å²) in [6, 6.07) is 3.81. The maximum absolute atomic E-state index is 12.8. The van der Waals surface area contributed by atoms with Gasteiger partial charge in [-0.2, -0.15) is 0 Å². The molecule has 0 amide bonds. The summed E-state index contributed by atoms with van der Waals surface area (Å²) in [5, 5.41) is 0. The fourth-order valence-corrected chi connectivity index (χ4v) is 5.55. The van der Waals surface area contributed by atoms with Gasteiger partial charge >= 0.3 is 5.97 Å². The number of esters is 1. The largest absolute Gasteiger partial charge is 0.487 e. The summed E-state index contributed by atoms with van der Waals surface area (Å²) < 4.78 is 18.1. The predicted molar refractivity (Wildman–Crippen MR) is 121 cm³/mol. The van der Waals surface area contributed by atoms with E-state index in [1.807, 2.05) is 12.1 Å². The van der Waals surface area contributed by atoms with Crippen LogP contribution in [0.15, 0.2) is 47.6 Å². The molecule has 0 saturated carbocycles. The summed E-state index contributed by atoms with van der Waals surface area (Å²) in [4.78, 5) is 25.3. The Bertz CT molecular complexity index is 896. The van der Waals surface area contributed by atoms with E-state index in [1.165, 1.54) is 7.11 Å². The molecule has 1 heterocycles. The Kier molecular flexibility index (Phi) is 6.69. The van der Waals surface area contributed by atoms with Crippen molar-refractivity contribution >= 4 is 56.9 Å². The maximum atomic E-state index is 12.8. The molecule has 1 atom stereocenters. The van der Waals surface area contributed by atoms with E-state index < -0.39 is 11.9 Å². The van der Waals surface area contributed by atoms with Crippen LogP contribution in [0.2, 0.25) is 0 Å². The Labute approximate surface area is 190 Å². The molecule has 28 heavy (non-hydrogen) atoms. The highest BCUT2D eigenvalue weighted by Crippen LogP contribution is 2.45. The van der Waals surface area contributed by atoms with Crippen LogP contribution >= 0.6 is 45.2 Å². The van der Waals surface area contributed by atoms with Crippen LogP contribution < -0.4 is 10.5 Å². The molecule has 8 heteroatoms. The topological polar surface area (TPSA) is 87.8 Å². The molecule has 1 aliphatic heterocycles. The number of carbonyl (C=O) groups is 2. The van der Waals surface area contributed by atoms with Gasteiger partial charge in [0.25, 0.3) is 0 Å². The van der Waals surface area contributed by atoms with Crippen molar-refractivity contribution in [1.82, 2.24) is 0 Å². The number of benzene rings is 1. The number of ether oxygens (including phenoxy) is 3. The lowest BCUT2D eigenvalue weighted by atomic mass is 9.77. The minimum absolute atomic E-state index is 0.0118. The Morgan fingerprint density at radius 3 is 2.64 bits per heavy atom. The fraction of sp³-hybridized carbons (Fsp3) is 0.300. The lowest BCUT2D eigenvalue weighted by molar-refractivity contribution is -0.136. The normalized spacial score (nSPS) is 19.1. The highest BCUT2D eigenvalue weighted by molar-refractivity contribution is 14.1. The number of methoxy groups -OCH3 is 1. The average Bonchev–Trinajstić information content (AvgIpc) is 2.65. The van der Waals surface area contributed by atoms with E-state index in [9.17, 15) is 9.59 Å². The summed E-state index contributed by atoms with van der Waals surface area (Å²) in [6.07, 6.45) is 3.41. The van der Waals surface area contributed by atoms with Crippen LogP contribution in [-0.2, 0) is 19.1 Å². The van der Waals surface area contributed by atoms with E-state index in [1.54, 1.807) is 6.08 Å². The average molecular weight is 607 g/mol. The zero-order valence-corrected chi connectivity index (χ0v) is 19.5. The molecule has 1 aromatic rings. The van der Waals surface area contributed by atoms with Crippen molar-refractivity contribution in [1.29, 1.82) is 0 Å². The van der Waals surface area contributed by atoms with E-state index in [2.05, 4.69) is 51.8 Å². The van der Waals surface area contributed by atoms with Gasteiger partial charge in [-0.25, -0.2) is 4.79 Å². The van der Waals surface area contributed by atoms with Crippen molar-refractivity contribution in [2.24, 2.45) is 5.73 Å². The molecule has 0 spiro atoms. The lowest BCUT2D eigenvalue weighted by Gasteiger charge is -2.32. The minimum atomic E-state index is -0.625. The second kappa shape index (κ2) is 8.85. The van der Waals surface area contributed by atoms with Gasteiger partial charge in [0.15, 0.2) is 5.78 Å². The van der Waals surface area contributed by atoms with Crippen LogP contribution in [0, 0.1) is 7.14 Å². The third-order valence-corrected chi connectivity index (χ3v) is 6.19. The highest BCUT2D eigenvalue weighted by Gasteiger charge is 2.41. The zero-order valence-electron chi connectivity index (χ0n) is 15.2. The zero-order chi connectivity index (χ0) is 20.4. The number of Topliss-reactive ketones (excluding diaryl/α,β-unsaturated/α-hetero) is 1. The van der Waals surface area contributed by atoms with Crippen molar-refractivity contribution in [2.45, 2.75) is 25.2 Å². The number of rotatable bonds is 5. The lowest BCUT2D eigenvalue weighted by Crippen LogP contribution is -2.31. The Hall–Kier alpha value is -1.56. The first-order valence-corrected chi connectivity index (χ1v) is 10.8. The first kappa shape index (κ1) is 21.2. The first-order valence-electron chi connectivity index (χ1n) is 8.63. The molecular weight excluding hydrogens is 588 g/mol. The number of carbonyl (C=O) groups excluding carboxylic acids is 2. The van der Waals surface area contributed by atoms with E-state index in [0.29, 0.717) is 37.2 Å². The van der Waals surface area contributed by atoms with Gasteiger partial charge in [-0.15, -0.1) is 0 Å². The standard InChI is InChI=1S/C20H19I2NO5/c1-3-7-27-18-11(21)8-10(9-12(18)22)15-16-13(24)5-4-6-14(16)28-19(23)17(15)20(25)26-2/h3,8-9,15H,1,4-7,23H2,2H3/t15-/m0/s1. The molecule has 0 unspecified atom stereocenters. The predicted octanol–water partition coefficient (Wildman–Crippen LogP) is 3.92. The quantitative estimate of drug-likeness (QED) is 0.311. The van der Waals surface area contributed by atoms with Crippen LogP contribution in [0.4, 0.5) is 0 Å². The van der Waals surface area contributed by atoms with Crippen molar-refractivity contribution < 1.29 is 23.8 Å². The highest BCUT2D eigenvalue weighted by atomic mass is 127. The molecule has 6 nitrogen and oxygen atoms in total. The Morgan fingerprint density at radius 2 is 2.04 bits per heavy atom. The van der Waals surface area contributed by atoms with E-state index in [-0.39, 0.29) is 17.2 Å². The van der Waals surface area contributed by atoms with Gasteiger partial charge in [-0.1, -0.05) is 12.7 Å². The number of hydrogen-bond donors (Lipinski definition) is 1. The van der Waals surface area contributed by atoms with Crippen LogP contribution in [-0.4, -0.2) is 25.5 Å². The molecule has 3 rings (SSSR count). The Morgan fingerprint density at radius 1 is 1.36 bits per heavy atom. The van der Waals surface area contributed by atoms with Crippen molar-refractivity contribution in [2.75, 3.05) is 13.7 Å². The van der Waals surface area contributed by atoms with Crippen LogP contribution in [0.25, 0.3) is 0 Å². The van der Waals surface area contributed by atoms with Gasteiger partial charge < -0.3 is 19.9 Å². The summed E-state index contributed by atoms with van der Waals surface area (Å²) in [5.41, 5.74) is 7.50. The molecule has 2 aliphatic rings. The van der Waals surface area contributed by atoms with E-state index in [0.717, 1.165) is 18.5 Å². The monoisotopic (exact) mass is 607 g/mol. The molecule has 148 valence electrons. The number of halogens is 2. The van der Waals surface area contributed by atoms with Crippen molar-refractivity contribution in [3.8, 4) is 5.75 Å². The minimum Gasteiger partial charge on any atom is -0.487 e. The number of allylic oxidation sites excluding steroid dienone is 2. The molecule has 2 N–H and O–H groups in total. The van der Waals surface area contributed by atoms with Gasteiger partial charge in [-0.3, -0.25) is 4.79 Å². The van der Waals surface area contributed by atoms with Gasteiger partial charge in [-0.05, 0) is 69.3 Å². The summed E-state index contributed by atoms with van der Waals surface area (Å²) in [5.74, 6) is 0.00409. The van der Waals surface area contributed by atoms with Crippen LogP contribution in [0.5, 0.6) is 5.75 Å². The van der Waals surface area contributed by atoms with Gasteiger partial charge in [0, 0.05) is 18.4 Å². The smallest absolute Gasteiger partial charge is 0.340 e.